The number of amides is 1. The number of aliphatic hydroxyl groups is 1. The zero-order valence-electron chi connectivity index (χ0n) is 23.5. The van der Waals surface area contributed by atoms with E-state index in [2.05, 4.69) is 26.8 Å². The second-order valence-electron chi connectivity index (χ2n) is 9.66. The standard InChI is InChI=1S/C31H36BrN3O6/c1-21-31(20-22-5-9-25(32)10-6-22,34-29(41-21)23-7-11-26(12-8-23)40-18-4-17-36)30(37)35-33-16-15-24-19-27(38-2)13-14-28(24)39-3/h5-14,19,21,33,36H,4,15-18,20H2,1-3H3,(H,35,37)/t21-,31-/m0/s1. The molecule has 1 aliphatic heterocycles. The van der Waals surface area contributed by atoms with Crippen molar-refractivity contribution in [2.75, 3.05) is 34.0 Å². The van der Waals surface area contributed by atoms with Gasteiger partial charge >= 0.3 is 0 Å². The Morgan fingerprint density at radius 3 is 2.46 bits per heavy atom. The van der Waals surface area contributed by atoms with Gasteiger partial charge in [-0.25, -0.2) is 10.4 Å². The SMILES string of the molecule is COc1ccc(OC)c(CCNNC(=O)[C@@]2(Cc3ccc(Br)cc3)N=C(c3ccc(OCCCO)cc3)O[C@H]2C)c1. The first-order valence-electron chi connectivity index (χ1n) is 13.5. The van der Waals surface area contributed by atoms with Gasteiger partial charge in [0.1, 0.15) is 23.4 Å². The van der Waals surface area contributed by atoms with E-state index in [-0.39, 0.29) is 12.5 Å². The number of benzene rings is 3. The lowest BCUT2D eigenvalue weighted by molar-refractivity contribution is -0.129. The number of methoxy groups -OCH3 is 2. The van der Waals surface area contributed by atoms with Crippen molar-refractivity contribution in [1.82, 2.24) is 10.9 Å². The summed E-state index contributed by atoms with van der Waals surface area (Å²) < 4.78 is 23.6. The molecule has 0 radical (unpaired) electrons. The molecule has 0 fully saturated rings. The summed E-state index contributed by atoms with van der Waals surface area (Å²) in [6, 6.07) is 20.8. The van der Waals surface area contributed by atoms with Gasteiger partial charge < -0.3 is 24.1 Å². The summed E-state index contributed by atoms with van der Waals surface area (Å²) in [5.74, 6) is 2.28. The van der Waals surface area contributed by atoms with Crippen LogP contribution >= 0.6 is 15.9 Å². The van der Waals surface area contributed by atoms with E-state index >= 15 is 0 Å². The average Bonchev–Trinajstić information content (AvgIpc) is 3.33. The maximum absolute atomic E-state index is 13.8. The van der Waals surface area contributed by atoms with E-state index in [0.29, 0.717) is 44.1 Å². The number of carbonyl (C=O) groups is 1. The van der Waals surface area contributed by atoms with Crippen molar-refractivity contribution in [3.05, 3.63) is 87.9 Å². The number of hydrogen-bond donors (Lipinski definition) is 3. The third-order valence-electron chi connectivity index (χ3n) is 6.92. The Kier molecular flexibility index (Phi) is 10.6. The molecule has 1 amide bonds. The Bertz CT molecular complexity index is 1330. The topological polar surface area (TPSA) is 111 Å². The molecule has 3 aromatic carbocycles. The maximum atomic E-state index is 13.8. The number of aliphatic imine (C=N–C) groups is 1. The summed E-state index contributed by atoms with van der Waals surface area (Å²) in [6.07, 6.45) is 0.990. The normalized spacial score (nSPS) is 17.9. The molecule has 2 atom stereocenters. The van der Waals surface area contributed by atoms with Crippen LogP contribution in [0.15, 0.2) is 76.2 Å². The quantitative estimate of drug-likeness (QED) is 0.182. The molecule has 0 saturated heterocycles. The van der Waals surface area contributed by atoms with Gasteiger partial charge in [-0.1, -0.05) is 28.1 Å². The molecule has 3 N–H and O–H groups in total. The van der Waals surface area contributed by atoms with Gasteiger partial charge in [-0.15, -0.1) is 0 Å². The average molecular weight is 627 g/mol. The van der Waals surface area contributed by atoms with Crippen molar-refractivity contribution in [3.63, 3.8) is 0 Å². The van der Waals surface area contributed by atoms with Crippen LogP contribution < -0.4 is 25.1 Å². The molecular weight excluding hydrogens is 590 g/mol. The Morgan fingerprint density at radius 2 is 1.78 bits per heavy atom. The molecule has 1 heterocycles. The van der Waals surface area contributed by atoms with E-state index in [0.717, 1.165) is 32.7 Å². The zero-order valence-corrected chi connectivity index (χ0v) is 25.1. The molecule has 1 aliphatic rings. The first-order valence-corrected chi connectivity index (χ1v) is 14.3. The van der Waals surface area contributed by atoms with Gasteiger partial charge in [0, 0.05) is 36.0 Å². The molecule has 0 aliphatic carbocycles. The van der Waals surface area contributed by atoms with Crippen molar-refractivity contribution in [1.29, 1.82) is 0 Å². The smallest absolute Gasteiger partial charge is 0.266 e. The molecule has 41 heavy (non-hydrogen) atoms. The Labute approximate surface area is 249 Å². The van der Waals surface area contributed by atoms with E-state index in [4.69, 9.17) is 29.0 Å². The third-order valence-corrected chi connectivity index (χ3v) is 7.45. The molecule has 3 aromatic rings. The fraction of sp³-hybridized carbons (Fsp3) is 0.355. The first kappa shape index (κ1) is 30.4. The highest BCUT2D eigenvalue weighted by Gasteiger charge is 2.50. The monoisotopic (exact) mass is 625 g/mol. The minimum Gasteiger partial charge on any atom is -0.497 e. The molecule has 10 heteroatoms. The Hall–Kier alpha value is -3.60. The highest BCUT2D eigenvalue weighted by molar-refractivity contribution is 9.10. The van der Waals surface area contributed by atoms with Crippen molar-refractivity contribution in [2.45, 2.75) is 37.8 Å². The number of nitrogens with one attached hydrogen (secondary N) is 2. The summed E-state index contributed by atoms with van der Waals surface area (Å²) >= 11 is 3.48. The lowest BCUT2D eigenvalue weighted by atomic mass is 9.86. The van der Waals surface area contributed by atoms with E-state index < -0.39 is 11.6 Å². The fourth-order valence-corrected chi connectivity index (χ4v) is 4.85. The summed E-state index contributed by atoms with van der Waals surface area (Å²) in [4.78, 5) is 18.7. The number of carbonyl (C=O) groups excluding carboxylic acids is 1. The van der Waals surface area contributed by atoms with Gasteiger partial charge in [-0.3, -0.25) is 10.2 Å². The molecule has 0 bridgehead atoms. The number of hydrazine groups is 1. The van der Waals surface area contributed by atoms with Crippen LogP contribution in [0.4, 0.5) is 0 Å². The Balaban J connectivity index is 1.51. The number of rotatable bonds is 14. The lowest BCUT2D eigenvalue weighted by Crippen LogP contribution is -2.56. The zero-order chi connectivity index (χ0) is 29.2. The van der Waals surface area contributed by atoms with Crippen LogP contribution in [0.1, 0.15) is 30.0 Å². The summed E-state index contributed by atoms with van der Waals surface area (Å²) in [5, 5.41) is 8.97. The van der Waals surface area contributed by atoms with Gasteiger partial charge in [0.15, 0.2) is 5.54 Å². The van der Waals surface area contributed by atoms with Crippen molar-refractivity contribution in [3.8, 4) is 17.2 Å². The van der Waals surface area contributed by atoms with E-state index in [1.165, 1.54) is 0 Å². The molecule has 0 spiro atoms. The van der Waals surface area contributed by atoms with Crippen molar-refractivity contribution >= 4 is 27.7 Å². The predicted octanol–water partition coefficient (Wildman–Crippen LogP) is 4.24. The lowest BCUT2D eigenvalue weighted by Gasteiger charge is -2.28. The number of ether oxygens (including phenoxy) is 4. The molecule has 4 rings (SSSR count). The number of hydrogen-bond acceptors (Lipinski definition) is 8. The van der Waals surface area contributed by atoms with Crippen molar-refractivity contribution in [2.24, 2.45) is 4.99 Å². The molecule has 0 aromatic heterocycles. The largest absolute Gasteiger partial charge is 0.497 e. The molecule has 218 valence electrons. The van der Waals surface area contributed by atoms with Crippen molar-refractivity contribution < 1.29 is 28.8 Å². The highest BCUT2D eigenvalue weighted by Crippen LogP contribution is 2.33. The molecule has 0 unspecified atom stereocenters. The summed E-state index contributed by atoms with van der Waals surface area (Å²) in [7, 11) is 3.25. The number of aliphatic hydroxyl groups excluding tert-OH is 1. The second kappa shape index (κ2) is 14.3. The molecule has 9 nitrogen and oxygen atoms in total. The summed E-state index contributed by atoms with van der Waals surface area (Å²) in [5.41, 5.74) is 7.40. The van der Waals surface area contributed by atoms with Gasteiger partial charge in [0.05, 0.1) is 20.8 Å². The molecule has 0 saturated carbocycles. The van der Waals surface area contributed by atoms with E-state index in [1.807, 2.05) is 73.7 Å². The van der Waals surface area contributed by atoms with Gasteiger partial charge in [0.2, 0.25) is 5.90 Å². The Morgan fingerprint density at radius 1 is 1.05 bits per heavy atom. The van der Waals surface area contributed by atoms with Gasteiger partial charge in [0.25, 0.3) is 5.91 Å². The number of nitrogens with zero attached hydrogens (tertiary/aromatic N) is 1. The van der Waals surface area contributed by atoms with Crippen LogP contribution in [0.3, 0.4) is 0 Å². The fourth-order valence-electron chi connectivity index (χ4n) is 4.58. The molecular formula is C31H36BrN3O6. The number of halogens is 1. The van der Waals surface area contributed by atoms with Crippen LogP contribution in [-0.4, -0.2) is 62.5 Å². The van der Waals surface area contributed by atoms with E-state index in [9.17, 15) is 4.79 Å². The van der Waals surface area contributed by atoms with Crippen LogP contribution in [0, 0.1) is 0 Å². The first-order chi connectivity index (χ1) is 19.9. The minimum absolute atomic E-state index is 0.0766. The van der Waals surface area contributed by atoms with Crippen LogP contribution in [0.2, 0.25) is 0 Å². The second-order valence-corrected chi connectivity index (χ2v) is 10.6. The minimum atomic E-state index is -1.19. The van der Waals surface area contributed by atoms with Gasteiger partial charge in [-0.2, -0.15) is 0 Å². The highest BCUT2D eigenvalue weighted by atomic mass is 79.9. The van der Waals surface area contributed by atoms with E-state index in [1.54, 1.807) is 14.2 Å². The van der Waals surface area contributed by atoms with Crippen LogP contribution in [0.25, 0.3) is 0 Å². The maximum Gasteiger partial charge on any atom is 0.266 e. The predicted molar refractivity (Wildman–Crippen MR) is 161 cm³/mol. The van der Waals surface area contributed by atoms with Crippen LogP contribution in [-0.2, 0) is 22.4 Å². The van der Waals surface area contributed by atoms with Gasteiger partial charge in [-0.05, 0) is 79.1 Å². The summed E-state index contributed by atoms with van der Waals surface area (Å²) in [6.45, 7) is 2.83. The third kappa shape index (κ3) is 7.58. The van der Waals surface area contributed by atoms with Crippen LogP contribution in [0.5, 0.6) is 17.2 Å².